The van der Waals surface area contributed by atoms with Crippen molar-refractivity contribution in [1.29, 1.82) is 5.26 Å². The number of hydrogen-bond donors (Lipinski definition) is 0. The van der Waals surface area contributed by atoms with E-state index in [1.165, 1.54) is 4.90 Å². The predicted molar refractivity (Wildman–Crippen MR) is 71.3 cm³/mol. The van der Waals surface area contributed by atoms with Gasteiger partial charge in [-0.3, -0.25) is 4.79 Å². The molecule has 1 aromatic rings. The summed E-state index contributed by atoms with van der Waals surface area (Å²) < 4.78 is 22.5. The van der Waals surface area contributed by atoms with Crippen LogP contribution in [0, 0.1) is 11.3 Å². The highest BCUT2D eigenvalue weighted by Gasteiger charge is 2.37. The molecule has 19 heavy (non-hydrogen) atoms. The van der Waals surface area contributed by atoms with Gasteiger partial charge in [-0.25, -0.2) is 8.42 Å². The number of nitriles is 1. The van der Waals surface area contributed by atoms with Crippen molar-refractivity contribution >= 4 is 31.3 Å². The number of hydrogen-bond acceptors (Lipinski definition) is 4. The van der Waals surface area contributed by atoms with Crippen LogP contribution in [-0.2, 0) is 20.3 Å². The third kappa shape index (κ3) is 3.06. The van der Waals surface area contributed by atoms with E-state index in [9.17, 15) is 13.2 Å². The van der Waals surface area contributed by atoms with Gasteiger partial charge in [-0.15, -0.1) is 0 Å². The lowest BCUT2D eigenvalue weighted by atomic mass is 10.1. The SMILES string of the molecule is N#CCc1ccc(N2CC(S(=O)(=O)Cl)CC2=O)cc1. The highest BCUT2D eigenvalue weighted by molar-refractivity contribution is 8.14. The Morgan fingerprint density at radius 1 is 1.37 bits per heavy atom. The summed E-state index contributed by atoms with van der Waals surface area (Å²) in [7, 11) is 1.55. The molecule has 0 bridgehead atoms. The molecule has 1 aromatic carbocycles. The predicted octanol–water partition coefficient (Wildman–Crippen LogP) is 1.43. The Kier molecular flexibility index (Phi) is 3.78. The molecule has 1 unspecified atom stereocenters. The zero-order valence-electron chi connectivity index (χ0n) is 9.91. The van der Waals surface area contributed by atoms with Gasteiger partial charge < -0.3 is 4.90 Å². The first-order valence-electron chi connectivity index (χ1n) is 5.61. The number of halogens is 1. The summed E-state index contributed by atoms with van der Waals surface area (Å²) in [6, 6.07) is 8.92. The van der Waals surface area contributed by atoms with Gasteiger partial charge in [-0.2, -0.15) is 5.26 Å². The molecule has 2 rings (SSSR count). The number of carbonyl (C=O) groups is 1. The van der Waals surface area contributed by atoms with Gasteiger partial charge in [0.2, 0.25) is 15.0 Å². The Morgan fingerprint density at radius 2 is 2.00 bits per heavy atom. The van der Waals surface area contributed by atoms with Crippen LogP contribution in [-0.4, -0.2) is 26.1 Å². The van der Waals surface area contributed by atoms with Crippen LogP contribution in [0.1, 0.15) is 12.0 Å². The van der Waals surface area contributed by atoms with Gasteiger partial charge in [-0.1, -0.05) is 12.1 Å². The Labute approximate surface area is 115 Å². The maximum absolute atomic E-state index is 11.8. The lowest BCUT2D eigenvalue weighted by Crippen LogP contribution is -2.26. The Morgan fingerprint density at radius 3 is 2.47 bits per heavy atom. The fourth-order valence-electron chi connectivity index (χ4n) is 2.00. The fraction of sp³-hybridized carbons (Fsp3) is 0.333. The van der Waals surface area contributed by atoms with Crippen molar-refractivity contribution in [3.8, 4) is 6.07 Å². The number of anilines is 1. The smallest absolute Gasteiger partial charge is 0.237 e. The molecule has 0 aliphatic carbocycles. The van der Waals surface area contributed by atoms with Crippen molar-refractivity contribution in [3.05, 3.63) is 29.8 Å². The first-order chi connectivity index (χ1) is 8.91. The number of benzene rings is 1. The molecule has 7 heteroatoms. The molecule has 0 N–H and O–H groups in total. The first kappa shape index (κ1) is 13.8. The normalized spacial score (nSPS) is 19.5. The van der Waals surface area contributed by atoms with Crippen LogP contribution in [0.3, 0.4) is 0 Å². The molecule has 1 aliphatic rings. The molecule has 0 spiro atoms. The van der Waals surface area contributed by atoms with Crippen LogP contribution in [0.5, 0.6) is 0 Å². The minimum atomic E-state index is -3.73. The van der Waals surface area contributed by atoms with Crippen LogP contribution in [0.2, 0.25) is 0 Å². The van der Waals surface area contributed by atoms with Crippen LogP contribution in [0.25, 0.3) is 0 Å². The maximum atomic E-state index is 11.8. The molecule has 0 aromatic heterocycles. The summed E-state index contributed by atoms with van der Waals surface area (Å²) in [5.74, 6) is -0.262. The minimum absolute atomic E-state index is 0.0717. The monoisotopic (exact) mass is 298 g/mol. The molecule has 1 amide bonds. The standard InChI is InChI=1S/C12H11ClN2O3S/c13-19(17,18)11-7-12(16)15(8-11)10-3-1-9(2-4-10)5-6-14/h1-4,11H,5,7-8H2. The van der Waals surface area contributed by atoms with E-state index in [0.717, 1.165) is 5.56 Å². The summed E-state index contributed by atoms with van der Waals surface area (Å²) in [4.78, 5) is 13.2. The van der Waals surface area contributed by atoms with Gasteiger partial charge in [-0.05, 0) is 17.7 Å². The van der Waals surface area contributed by atoms with E-state index in [1.807, 2.05) is 6.07 Å². The zero-order chi connectivity index (χ0) is 14.0. The van der Waals surface area contributed by atoms with Crippen LogP contribution < -0.4 is 4.90 Å². The van der Waals surface area contributed by atoms with Crippen LogP contribution in [0.4, 0.5) is 5.69 Å². The van der Waals surface area contributed by atoms with Gasteiger partial charge in [0, 0.05) is 29.3 Å². The van der Waals surface area contributed by atoms with Gasteiger partial charge in [0.25, 0.3) is 0 Å². The molecule has 1 fully saturated rings. The number of amides is 1. The average Bonchev–Trinajstić information content (AvgIpc) is 2.73. The van der Waals surface area contributed by atoms with Crippen LogP contribution >= 0.6 is 10.7 Å². The molecule has 1 aliphatic heterocycles. The number of carbonyl (C=O) groups excluding carboxylic acids is 1. The van der Waals surface area contributed by atoms with E-state index in [4.69, 9.17) is 15.9 Å². The van der Waals surface area contributed by atoms with Crippen molar-refractivity contribution in [3.63, 3.8) is 0 Å². The molecule has 0 radical (unpaired) electrons. The number of nitrogens with zero attached hydrogens (tertiary/aromatic N) is 2. The molecule has 1 heterocycles. The van der Waals surface area contributed by atoms with E-state index in [2.05, 4.69) is 0 Å². The lowest BCUT2D eigenvalue weighted by molar-refractivity contribution is -0.117. The number of rotatable bonds is 3. The topological polar surface area (TPSA) is 78.2 Å². The van der Waals surface area contributed by atoms with Crippen LogP contribution in [0.15, 0.2) is 24.3 Å². The van der Waals surface area contributed by atoms with E-state index >= 15 is 0 Å². The maximum Gasteiger partial charge on any atom is 0.237 e. The lowest BCUT2D eigenvalue weighted by Gasteiger charge is -2.16. The van der Waals surface area contributed by atoms with Crippen molar-refractivity contribution in [2.75, 3.05) is 11.4 Å². The fourth-order valence-corrected chi connectivity index (χ4v) is 3.02. The summed E-state index contributed by atoms with van der Waals surface area (Å²) >= 11 is 0. The Bertz CT molecular complexity index is 634. The van der Waals surface area contributed by atoms with E-state index in [-0.39, 0.29) is 18.9 Å². The van der Waals surface area contributed by atoms with Crippen molar-refractivity contribution < 1.29 is 13.2 Å². The third-order valence-corrected chi connectivity index (χ3v) is 4.89. The molecule has 0 saturated carbocycles. The average molecular weight is 299 g/mol. The van der Waals surface area contributed by atoms with Gasteiger partial charge in [0.05, 0.1) is 12.5 Å². The molecular formula is C12H11ClN2O3S. The Balaban J connectivity index is 2.19. The summed E-state index contributed by atoms with van der Waals surface area (Å²) in [6.07, 6.45) is 0.207. The second-order valence-corrected chi connectivity index (χ2v) is 7.22. The largest absolute Gasteiger partial charge is 0.311 e. The summed E-state index contributed by atoms with van der Waals surface area (Å²) in [5.41, 5.74) is 1.47. The van der Waals surface area contributed by atoms with E-state index in [0.29, 0.717) is 12.1 Å². The second kappa shape index (κ2) is 5.19. The van der Waals surface area contributed by atoms with Crippen molar-refractivity contribution in [2.45, 2.75) is 18.1 Å². The highest BCUT2D eigenvalue weighted by atomic mass is 35.7. The molecule has 1 saturated heterocycles. The second-order valence-electron chi connectivity index (χ2n) is 4.31. The first-order valence-corrected chi connectivity index (χ1v) is 7.99. The van der Waals surface area contributed by atoms with Crippen molar-refractivity contribution in [1.82, 2.24) is 0 Å². The minimum Gasteiger partial charge on any atom is -0.311 e. The molecule has 100 valence electrons. The molecule has 1 atom stereocenters. The quantitative estimate of drug-likeness (QED) is 0.791. The zero-order valence-corrected chi connectivity index (χ0v) is 11.5. The van der Waals surface area contributed by atoms with Crippen molar-refractivity contribution in [2.24, 2.45) is 0 Å². The van der Waals surface area contributed by atoms with E-state index in [1.54, 1.807) is 24.3 Å². The van der Waals surface area contributed by atoms with Gasteiger partial charge >= 0.3 is 0 Å². The third-order valence-electron chi connectivity index (χ3n) is 3.02. The molecular weight excluding hydrogens is 288 g/mol. The summed E-state index contributed by atoms with van der Waals surface area (Å²) in [5, 5.41) is 7.71. The summed E-state index contributed by atoms with van der Waals surface area (Å²) in [6.45, 7) is 0.0717. The highest BCUT2D eigenvalue weighted by Crippen LogP contribution is 2.26. The van der Waals surface area contributed by atoms with E-state index < -0.39 is 14.3 Å². The van der Waals surface area contributed by atoms with Gasteiger partial charge in [0.1, 0.15) is 5.25 Å². The molecule has 5 nitrogen and oxygen atoms in total. The van der Waals surface area contributed by atoms with Gasteiger partial charge in [0.15, 0.2) is 0 Å². The Hall–Kier alpha value is -1.58.